The molecule has 1 radical (unpaired) electrons. The van der Waals surface area contributed by atoms with Crippen molar-refractivity contribution in [1.82, 2.24) is 0 Å². The van der Waals surface area contributed by atoms with Crippen LogP contribution in [-0.4, -0.2) is 16.2 Å². The van der Waals surface area contributed by atoms with Crippen molar-refractivity contribution in [2.45, 2.75) is 13.1 Å². The lowest BCUT2D eigenvalue weighted by molar-refractivity contribution is 1.65. The fourth-order valence-corrected chi connectivity index (χ4v) is 9.03. The molecule has 29 heavy (non-hydrogen) atoms. The van der Waals surface area contributed by atoms with Crippen molar-refractivity contribution >= 4 is 48.0 Å². The Hall–Kier alpha value is -2.40. The lowest BCUT2D eigenvalue weighted by Gasteiger charge is -2.25. The van der Waals surface area contributed by atoms with E-state index in [0.29, 0.717) is 0 Å². The molecule has 0 nitrogen and oxygen atoms in total. The summed E-state index contributed by atoms with van der Waals surface area (Å²) in [6.07, 6.45) is 0. The SMILES string of the molecule is C[Si](c1ccccc1)c1ccccc1-c1ccccc1[Si](C)(Cl)c1ccccc1. The van der Waals surface area contributed by atoms with Crippen LogP contribution >= 0.6 is 11.1 Å². The van der Waals surface area contributed by atoms with Gasteiger partial charge >= 0.3 is 0 Å². The third-order valence-electron chi connectivity index (χ3n) is 5.58. The van der Waals surface area contributed by atoms with Gasteiger partial charge in [0.1, 0.15) is 8.80 Å². The van der Waals surface area contributed by atoms with E-state index in [9.17, 15) is 0 Å². The number of hydrogen-bond acceptors (Lipinski definition) is 0. The van der Waals surface area contributed by atoms with Gasteiger partial charge in [0.15, 0.2) is 0 Å². The zero-order chi connectivity index (χ0) is 20.3. The van der Waals surface area contributed by atoms with Crippen LogP contribution in [-0.2, 0) is 0 Å². The van der Waals surface area contributed by atoms with Crippen LogP contribution in [0, 0.1) is 0 Å². The molecule has 0 heterocycles. The zero-order valence-electron chi connectivity index (χ0n) is 16.8. The van der Waals surface area contributed by atoms with Crippen molar-refractivity contribution in [3.05, 3.63) is 109 Å². The third-order valence-corrected chi connectivity index (χ3v) is 12.2. The summed E-state index contributed by atoms with van der Waals surface area (Å²) in [6, 6.07) is 39.0. The van der Waals surface area contributed by atoms with Gasteiger partial charge in [-0.1, -0.05) is 121 Å². The van der Waals surface area contributed by atoms with E-state index in [1.165, 1.54) is 31.9 Å². The second kappa shape index (κ2) is 8.54. The lowest BCUT2D eigenvalue weighted by Crippen LogP contribution is -2.52. The molecule has 1 atom stereocenters. The van der Waals surface area contributed by atoms with E-state index in [1.54, 1.807) is 0 Å². The van der Waals surface area contributed by atoms with Gasteiger partial charge in [-0.3, -0.25) is 0 Å². The Morgan fingerprint density at radius 3 is 1.83 bits per heavy atom. The maximum atomic E-state index is 7.34. The highest BCUT2D eigenvalue weighted by Crippen LogP contribution is 2.22. The van der Waals surface area contributed by atoms with Crippen LogP contribution in [0.25, 0.3) is 11.1 Å². The molecule has 0 aromatic heterocycles. The topological polar surface area (TPSA) is 0 Å². The summed E-state index contributed by atoms with van der Waals surface area (Å²) in [5.74, 6) is 0. The van der Waals surface area contributed by atoms with E-state index in [-0.39, 0.29) is 0 Å². The molecule has 4 aromatic rings. The van der Waals surface area contributed by atoms with Gasteiger partial charge in [0.2, 0.25) is 7.38 Å². The Morgan fingerprint density at radius 1 is 0.621 bits per heavy atom. The van der Waals surface area contributed by atoms with E-state index >= 15 is 0 Å². The van der Waals surface area contributed by atoms with E-state index < -0.39 is 16.2 Å². The first kappa shape index (κ1) is 19.9. The highest BCUT2D eigenvalue weighted by atomic mass is 35.6. The molecule has 0 fully saturated rings. The molecule has 0 bridgehead atoms. The van der Waals surface area contributed by atoms with E-state index in [0.717, 1.165) is 0 Å². The molecule has 0 aliphatic rings. The van der Waals surface area contributed by atoms with Crippen LogP contribution in [0.1, 0.15) is 0 Å². The standard InChI is InChI=1S/C26H24ClSi2/c1-28(21-13-5-3-6-14-21)25-19-11-9-17-23(25)24-18-10-12-20-26(24)29(2,27)22-15-7-4-8-16-22/h3-20H,1-2H3. The summed E-state index contributed by atoms with van der Waals surface area (Å²) in [5, 5.41) is 5.39. The second-order valence-corrected chi connectivity index (χ2v) is 15.2. The van der Waals surface area contributed by atoms with Crippen molar-refractivity contribution in [2.75, 3.05) is 0 Å². The first-order chi connectivity index (χ1) is 14.1. The Balaban J connectivity index is 1.86. The van der Waals surface area contributed by atoms with Crippen LogP contribution in [0.3, 0.4) is 0 Å². The Morgan fingerprint density at radius 2 is 1.14 bits per heavy atom. The Labute approximate surface area is 181 Å². The largest absolute Gasteiger partial charge is 0.214 e. The maximum Gasteiger partial charge on any atom is 0.214 e. The molecule has 0 amide bonds. The van der Waals surface area contributed by atoms with Crippen molar-refractivity contribution < 1.29 is 0 Å². The van der Waals surface area contributed by atoms with Crippen molar-refractivity contribution in [1.29, 1.82) is 0 Å². The molecule has 4 rings (SSSR count). The molecule has 0 aliphatic carbocycles. The average molecular weight is 428 g/mol. The first-order valence-corrected chi connectivity index (χ1v) is 15.4. The fourth-order valence-electron chi connectivity index (χ4n) is 3.92. The molecular weight excluding hydrogens is 404 g/mol. The number of hydrogen-bond donors (Lipinski definition) is 0. The summed E-state index contributed by atoms with van der Waals surface area (Å²) in [4.78, 5) is 0. The first-order valence-electron chi connectivity index (χ1n) is 9.92. The van der Waals surface area contributed by atoms with E-state index in [2.05, 4.69) is 122 Å². The van der Waals surface area contributed by atoms with Crippen molar-refractivity contribution in [3.63, 3.8) is 0 Å². The minimum absolute atomic E-state index is 0.875. The predicted molar refractivity (Wildman–Crippen MR) is 132 cm³/mol. The van der Waals surface area contributed by atoms with E-state index in [1.807, 2.05) is 0 Å². The molecule has 0 spiro atoms. The van der Waals surface area contributed by atoms with Gasteiger partial charge in [0.05, 0.1) is 0 Å². The summed E-state index contributed by atoms with van der Waals surface area (Å²) >= 11 is 7.34. The van der Waals surface area contributed by atoms with Gasteiger partial charge in [-0.15, -0.1) is 0 Å². The van der Waals surface area contributed by atoms with Crippen LogP contribution in [0.2, 0.25) is 13.1 Å². The number of rotatable bonds is 5. The molecular formula is C26H24ClSi2. The zero-order valence-corrected chi connectivity index (χ0v) is 19.5. The number of benzene rings is 4. The third kappa shape index (κ3) is 4.02. The molecule has 3 heteroatoms. The molecule has 1 unspecified atom stereocenters. The highest BCUT2D eigenvalue weighted by Gasteiger charge is 2.32. The minimum Gasteiger partial charge on any atom is -0.155 e. The lowest BCUT2D eigenvalue weighted by atomic mass is 10.1. The van der Waals surface area contributed by atoms with Gasteiger partial charge in [-0.25, -0.2) is 0 Å². The Kier molecular flexibility index (Phi) is 5.86. The summed E-state index contributed by atoms with van der Waals surface area (Å²) in [5.41, 5.74) is 2.59. The minimum atomic E-state index is -2.34. The van der Waals surface area contributed by atoms with Gasteiger partial charge in [-0.05, 0) is 33.2 Å². The monoisotopic (exact) mass is 427 g/mol. The van der Waals surface area contributed by atoms with Gasteiger partial charge in [0, 0.05) is 0 Å². The Bertz CT molecular complexity index is 1090. The quantitative estimate of drug-likeness (QED) is 0.324. The van der Waals surface area contributed by atoms with Crippen molar-refractivity contribution in [2.24, 2.45) is 0 Å². The summed E-state index contributed by atoms with van der Waals surface area (Å²) in [7, 11) is -3.21. The van der Waals surface area contributed by atoms with Gasteiger partial charge in [-0.2, -0.15) is 11.1 Å². The molecule has 0 aliphatic heterocycles. The summed E-state index contributed by atoms with van der Waals surface area (Å²) < 4.78 is 0. The summed E-state index contributed by atoms with van der Waals surface area (Å²) in [6.45, 7) is 4.62. The van der Waals surface area contributed by atoms with Gasteiger partial charge in [0.25, 0.3) is 0 Å². The number of halogens is 1. The highest BCUT2D eigenvalue weighted by molar-refractivity contribution is 7.33. The molecule has 0 N–H and O–H groups in total. The van der Waals surface area contributed by atoms with Crippen LogP contribution < -0.4 is 20.7 Å². The maximum absolute atomic E-state index is 7.34. The van der Waals surface area contributed by atoms with Crippen LogP contribution in [0.15, 0.2) is 109 Å². The normalized spacial score (nSPS) is 13.2. The molecule has 0 saturated heterocycles. The predicted octanol–water partition coefficient (Wildman–Crippen LogP) is 4.52. The molecule has 0 saturated carbocycles. The molecule has 143 valence electrons. The second-order valence-electron chi connectivity index (χ2n) is 7.45. The van der Waals surface area contributed by atoms with E-state index in [4.69, 9.17) is 11.1 Å². The fraction of sp³-hybridized carbons (Fsp3) is 0.0769. The molecule has 4 aromatic carbocycles. The smallest absolute Gasteiger partial charge is 0.155 e. The van der Waals surface area contributed by atoms with Gasteiger partial charge < -0.3 is 0 Å². The van der Waals surface area contributed by atoms with Crippen LogP contribution in [0.4, 0.5) is 0 Å². The average Bonchev–Trinajstić information content (AvgIpc) is 2.80. The van der Waals surface area contributed by atoms with Crippen LogP contribution in [0.5, 0.6) is 0 Å². The van der Waals surface area contributed by atoms with Crippen molar-refractivity contribution in [3.8, 4) is 11.1 Å².